The molecule has 1 aromatic rings. The highest BCUT2D eigenvalue weighted by atomic mass is 19.1. The summed E-state index contributed by atoms with van der Waals surface area (Å²) < 4.78 is 24.9. The maximum absolute atomic E-state index is 12.6. The minimum Gasteiger partial charge on any atom is -0.235 e. The largest absolute Gasteiger partial charge is 0.235 e. The van der Waals surface area contributed by atoms with Gasteiger partial charge in [-0.1, -0.05) is 0 Å². The molecule has 1 aromatic carbocycles. The summed E-state index contributed by atoms with van der Waals surface area (Å²) in [5, 5.41) is 8.92. The first-order valence-electron chi connectivity index (χ1n) is 2.95. The Morgan fingerprint density at radius 2 is 2.08 bits per heavy atom. The molecule has 0 heterocycles. The van der Waals surface area contributed by atoms with Crippen molar-refractivity contribution < 1.29 is 13.8 Å². The van der Waals surface area contributed by atoms with E-state index in [1.807, 2.05) is 0 Å². The van der Waals surface area contributed by atoms with Crippen LogP contribution < -0.4 is 5.43 Å². The van der Waals surface area contributed by atoms with E-state index >= 15 is 0 Å². The Balaban J connectivity index is 2.93. The van der Waals surface area contributed by atoms with Crippen molar-refractivity contribution in [1.29, 1.82) is 0 Å². The van der Waals surface area contributed by atoms with Crippen LogP contribution in [-0.2, 0) is 0 Å². The molecule has 0 saturated heterocycles. The first-order chi connectivity index (χ1) is 5.59. The molecule has 0 saturated carbocycles. The Hall–Kier alpha value is -1.72. The van der Waals surface area contributed by atoms with Gasteiger partial charge in [0.1, 0.15) is 11.5 Å². The minimum absolute atomic E-state index is 0.360. The lowest BCUT2D eigenvalue weighted by atomic mass is 10.3. The number of nitrogens with one attached hydrogen (secondary N) is 1. The van der Waals surface area contributed by atoms with Crippen LogP contribution >= 0.6 is 0 Å². The van der Waals surface area contributed by atoms with E-state index in [0.717, 1.165) is 12.1 Å². The fourth-order valence-corrected chi connectivity index (χ4v) is 0.678. The Bertz CT molecular complexity index is 316. The number of rotatable bonds is 2. The minimum atomic E-state index is -0.994. The first kappa shape index (κ1) is 8.38. The van der Waals surface area contributed by atoms with E-state index in [0.29, 0.717) is 6.07 Å². The van der Waals surface area contributed by atoms with Crippen molar-refractivity contribution >= 4 is 5.69 Å². The fourth-order valence-electron chi connectivity index (χ4n) is 0.678. The highest BCUT2D eigenvalue weighted by Gasteiger charge is 2.06. The molecule has 0 aliphatic heterocycles. The summed E-state index contributed by atoms with van der Waals surface area (Å²) in [4.78, 5) is 9.84. The highest BCUT2D eigenvalue weighted by molar-refractivity contribution is 5.42. The topological polar surface area (TPSA) is 55.2 Å². The van der Waals surface area contributed by atoms with E-state index in [4.69, 9.17) is 0 Å². The molecule has 4 nitrogen and oxygen atoms in total. The van der Waals surface area contributed by atoms with Gasteiger partial charge >= 0.3 is 0 Å². The zero-order valence-electron chi connectivity index (χ0n) is 5.75. The summed E-state index contributed by atoms with van der Waals surface area (Å²) in [6, 6.07) is 2.44. The quantitative estimate of drug-likeness (QED) is 0.546. The molecule has 0 aliphatic carbocycles. The maximum Gasteiger partial charge on any atom is 0.162 e. The van der Waals surface area contributed by atoms with Gasteiger partial charge in [-0.05, 0) is 12.1 Å². The average Bonchev–Trinajstić information content (AvgIpc) is 1.94. The average molecular weight is 174 g/mol. The van der Waals surface area contributed by atoms with E-state index in [-0.39, 0.29) is 5.69 Å². The lowest BCUT2D eigenvalue weighted by Gasteiger charge is -1.97. The third kappa shape index (κ3) is 1.88. The lowest BCUT2D eigenvalue weighted by Crippen LogP contribution is -2.09. The van der Waals surface area contributed by atoms with Gasteiger partial charge in [0.25, 0.3) is 0 Å². The second-order valence-corrected chi connectivity index (χ2v) is 1.99. The van der Waals surface area contributed by atoms with E-state index in [2.05, 4.69) is 0 Å². The van der Waals surface area contributed by atoms with Crippen molar-refractivity contribution in [2.24, 2.45) is 0 Å². The van der Waals surface area contributed by atoms with Crippen LogP contribution in [0.2, 0.25) is 0 Å². The Kier molecular flexibility index (Phi) is 2.18. The monoisotopic (exact) mass is 174 g/mol. The Labute approximate surface area is 65.9 Å². The summed E-state index contributed by atoms with van der Waals surface area (Å²) in [7, 11) is 0. The number of nitrogens with zero attached hydrogens (tertiary/aromatic N) is 1. The maximum atomic E-state index is 12.6. The molecule has 0 amide bonds. The third-order valence-electron chi connectivity index (χ3n) is 1.14. The summed E-state index contributed by atoms with van der Waals surface area (Å²) in [5.41, 5.74) is 1.22. The fraction of sp³-hybridized carbons (Fsp3) is 0. The summed E-state index contributed by atoms with van der Waals surface area (Å²) in [5.74, 6) is -1.77. The van der Waals surface area contributed by atoms with Gasteiger partial charge in [-0.15, -0.1) is 5.43 Å². The van der Waals surface area contributed by atoms with Crippen LogP contribution in [0.15, 0.2) is 18.2 Å². The van der Waals surface area contributed by atoms with E-state index in [9.17, 15) is 18.9 Å². The molecule has 1 rings (SSSR count). The highest BCUT2D eigenvalue weighted by Crippen LogP contribution is 2.14. The molecule has 0 atom stereocenters. The van der Waals surface area contributed by atoms with Gasteiger partial charge in [0.05, 0.1) is 0 Å². The number of hydrogen-bond acceptors (Lipinski definition) is 2. The van der Waals surface area contributed by atoms with Gasteiger partial charge in [-0.2, -0.15) is 0 Å². The Morgan fingerprint density at radius 1 is 1.42 bits per heavy atom. The molecule has 0 unspecified atom stereocenters. The van der Waals surface area contributed by atoms with Crippen molar-refractivity contribution in [2.45, 2.75) is 0 Å². The van der Waals surface area contributed by atoms with Crippen molar-refractivity contribution in [3.8, 4) is 0 Å². The molecule has 0 bridgehead atoms. The number of hydrogen-bond donors (Lipinski definition) is 1. The molecule has 0 aliphatic rings. The molecule has 64 valence electrons. The molecule has 0 radical (unpaired) electrons. The summed E-state index contributed by atoms with van der Waals surface area (Å²) in [6.45, 7) is 0. The molecule has 0 spiro atoms. The zero-order valence-corrected chi connectivity index (χ0v) is 5.75. The number of anilines is 1. The van der Waals surface area contributed by atoms with E-state index < -0.39 is 16.7 Å². The van der Waals surface area contributed by atoms with Crippen molar-refractivity contribution in [2.75, 3.05) is 5.43 Å². The number of nitro groups is 1. The first-order valence-corrected chi connectivity index (χ1v) is 2.95. The molecular weight excluding hydrogens is 170 g/mol. The van der Waals surface area contributed by atoms with Crippen LogP contribution in [0.4, 0.5) is 14.5 Å². The van der Waals surface area contributed by atoms with Crippen LogP contribution in [0.1, 0.15) is 0 Å². The molecule has 1 N–H and O–H groups in total. The standard InChI is InChI=1S/C6H4F2N2O2/c7-4-1-2-6(5(8)3-4)9-10(11)12/h1-3,9H. The Morgan fingerprint density at radius 3 is 2.58 bits per heavy atom. The van der Waals surface area contributed by atoms with Crippen LogP contribution in [0, 0.1) is 21.7 Å². The van der Waals surface area contributed by atoms with Gasteiger partial charge in [-0.25, -0.2) is 18.9 Å². The normalized spacial score (nSPS) is 9.50. The van der Waals surface area contributed by atoms with Crippen LogP contribution in [0.25, 0.3) is 0 Å². The van der Waals surface area contributed by atoms with Gasteiger partial charge in [0.2, 0.25) is 0 Å². The third-order valence-corrected chi connectivity index (χ3v) is 1.14. The van der Waals surface area contributed by atoms with Gasteiger partial charge in [0.15, 0.2) is 10.8 Å². The van der Waals surface area contributed by atoms with Crippen LogP contribution in [0.5, 0.6) is 0 Å². The second-order valence-electron chi connectivity index (χ2n) is 1.99. The molecule has 0 fully saturated rings. The van der Waals surface area contributed by atoms with E-state index in [1.165, 1.54) is 0 Å². The van der Waals surface area contributed by atoms with Crippen molar-refractivity contribution in [1.82, 2.24) is 0 Å². The lowest BCUT2D eigenvalue weighted by molar-refractivity contribution is -0.445. The molecule has 0 aromatic heterocycles. The molecule has 6 heteroatoms. The SMILES string of the molecule is O=[N+]([O-])Nc1ccc(F)cc1F. The smallest absolute Gasteiger partial charge is 0.162 e. The van der Waals surface area contributed by atoms with Crippen molar-refractivity contribution in [3.63, 3.8) is 0 Å². The van der Waals surface area contributed by atoms with Crippen LogP contribution in [0.3, 0.4) is 0 Å². The summed E-state index contributed by atoms with van der Waals surface area (Å²) >= 11 is 0. The van der Waals surface area contributed by atoms with Gasteiger partial charge in [0, 0.05) is 6.07 Å². The van der Waals surface area contributed by atoms with Crippen LogP contribution in [-0.4, -0.2) is 5.03 Å². The predicted octanol–water partition coefficient (Wildman–Crippen LogP) is 1.57. The summed E-state index contributed by atoms with van der Waals surface area (Å²) in [6.07, 6.45) is 0. The van der Waals surface area contributed by atoms with Gasteiger partial charge in [-0.3, -0.25) is 0 Å². The zero-order chi connectivity index (χ0) is 9.14. The second kappa shape index (κ2) is 3.12. The predicted molar refractivity (Wildman–Crippen MR) is 37.0 cm³/mol. The van der Waals surface area contributed by atoms with Gasteiger partial charge < -0.3 is 0 Å². The number of benzene rings is 1. The molecular formula is C6H4F2N2O2. The molecule has 12 heavy (non-hydrogen) atoms. The number of hydrazine groups is 1. The number of halogens is 2. The van der Waals surface area contributed by atoms with Crippen molar-refractivity contribution in [3.05, 3.63) is 39.9 Å². The van der Waals surface area contributed by atoms with E-state index in [1.54, 1.807) is 5.43 Å².